The minimum Gasteiger partial charge on any atom is -0.495 e. The molecule has 32 heavy (non-hydrogen) atoms. The van der Waals surface area contributed by atoms with E-state index >= 15 is 0 Å². The van der Waals surface area contributed by atoms with Gasteiger partial charge in [0.2, 0.25) is 0 Å². The number of halogens is 2. The number of methoxy groups -OCH3 is 1. The predicted molar refractivity (Wildman–Crippen MR) is 114 cm³/mol. The second-order valence-corrected chi connectivity index (χ2v) is 7.31. The molecule has 4 aromatic rings. The number of carbonyl (C=O) groups excluding carboxylic acids is 1. The zero-order valence-electron chi connectivity index (χ0n) is 17.3. The Kier molecular flexibility index (Phi) is 5.62. The van der Waals surface area contributed by atoms with E-state index in [0.29, 0.717) is 39.0 Å². The van der Waals surface area contributed by atoms with Crippen molar-refractivity contribution in [2.45, 2.75) is 18.9 Å². The summed E-state index contributed by atoms with van der Waals surface area (Å²) in [5, 5.41) is 19.3. The van der Waals surface area contributed by atoms with Crippen molar-refractivity contribution in [3.8, 4) is 17.0 Å². The minimum atomic E-state index is -3.36. The van der Waals surface area contributed by atoms with Crippen molar-refractivity contribution >= 4 is 16.8 Å². The average molecular weight is 441 g/mol. The summed E-state index contributed by atoms with van der Waals surface area (Å²) in [6.45, 7) is 0.398. The maximum Gasteiger partial charge on any atom is 0.295 e. The molecule has 0 aliphatic rings. The number of H-pyrrole nitrogens is 2. The van der Waals surface area contributed by atoms with Crippen LogP contribution in [-0.4, -0.2) is 44.9 Å². The van der Waals surface area contributed by atoms with E-state index in [0.717, 1.165) is 0 Å². The number of aromatic amines is 2. The molecule has 1 atom stereocenters. The van der Waals surface area contributed by atoms with Gasteiger partial charge in [0.1, 0.15) is 12.4 Å². The lowest BCUT2D eigenvalue weighted by Crippen LogP contribution is -2.27. The first-order valence-electron chi connectivity index (χ1n) is 9.78. The van der Waals surface area contributed by atoms with Crippen LogP contribution in [-0.2, 0) is 5.92 Å². The third kappa shape index (κ3) is 3.80. The summed E-state index contributed by atoms with van der Waals surface area (Å²) in [6, 6.07) is 6.70. The standard InChI is InChI=1S/C22H21F2N5O3/c1-12(13-4-3-5-14(6-13)22(23,24)10-30)28-21(31)16-7-15(18-9-25-11-26-18)20(32-2)17-8-27-29-19(16)17/h3-9,11-12,30H,10H2,1-2H3,(H,25,26)(H,27,29)(H,28,31). The summed E-state index contributed by atoms with van der Waals surface area (Å²) >= 11 is 0. The molecule has 10 heteroatoms. The van der Waals surface area contributed by atoms with Crippen LogP contribution in [0.15, 0.2) is 49.1 Å². The lowest BCUT2D eigenvalue weighted by Gasteiger charge is -2.19. The summed E-state index contributed by atoms with van der Waals surface area (Å²) < 4.78 is 33.3. The maximum absolute atomic E-state index is 13.9. The topological polar surface area (TPSA) is 116 Å². The highest BCUT2D eigenvalue weighted by molar-refractivity contribution is 6.09. The first kappa shape index (κ1) is 21.4. The number of nitrogens with one attached hydrogen (secondary N) is 3. The number of amides is 1. The van der Waals surface area contributed by atoms with E-state index in [1.807, 2.05) is 0 Å². The number of hydrogen-bond donors (Lipinski definition) is 4. The van der Waals surface area contributed by atoms with Crippen molar-refractivity contribution in [2.24, 2.45) is 0 Å². The molecule has 4 N–H and O–H groups in total. The van der Waals surface area contributed by atoms with Gasteiger partial charge in [0.05, 0.1) is 54.0 Å². The number of nitrogens with zero attached hydrogens (tertiary/aromatic N) is 2. The number of aliphatic hydroxyl groups excluding tert-OH is 1. The minimum absolute atomic E-state index is 0.312. The van der Waals surface area contributed by atoms with Gasteiger partial charge in [-0.15, -0.1) is 0 Å². The van der Waals surface area contributed by atoms with Gasteiger partial charge in [-0.25, -0.2) is 4.98 Å². The monoisotopic (exact) mass is 441 g/mol. The Balaban J connectivity index is 1.69. The molecule has 1 amide bonds. The first-order valence-corrected chi connectivity index (χ1v) is 9.78. The van der Waals surface area contributed by atoms with Gasteiger partial charge < -0.3 is 20.1 Å². The highest BCUT2D eigenvalue weighted by Crippen LogP contribution is 2.37. The van der Waals surface area contributed by atoms with Crippen LogP contribution in [0.2, 0.25) is 0 Å². The highest BCUT2D eigenvalue weighted by atomic mass is 19.3. The van der Waals surface area contributed by atoms with E-state index in [2.05, 4.69) is 25.5 Å². The Morgan fingerprint density at radius 3 is 2.81 bits per heavy atom. The fourth-order valence-electron chi connectivity index (χ4n) is 3.58. The molecule has 0 bridgehead atoms. The Morgan fingerprint density at radius 1 is 1.31 bits per heavy atom. The molecule has 166 valence electrons. The number of aromatic nitrogens is 4. The van der Waals surface area contributed by atoms with Crippen molar-refractivity contribution in [3.63, 3.8) is 0 Å². The number of aliphatic hydroxyl groups is 1. The number of fused-ring (bicyclic) bond motifs is 1. The Labute approximate surface area is 181 Å². The molecule has 1 unspecified atom stereocenters. The summed E-state index contributed by atoms with van der Waals surface area (Å²) in [5.74, 6) is -3.26. The molecule has 0 spiro atoms. The molecular formula is C22H21F2N5O3. The Hall–Kier alpha value is -3.79. The Morgan fingerprint density at radius 2 is 2.12 bits per heavy atom. The van der Waals surface area contributed by atoms with E-state index < -0.39 is 24.5 Å². The summed E-state index contributed by atoms with van der Waals surface area (Å²) in [7, 11) is 1.53. The van der Waals surface area contributed by atoms with Crippen LogP contribution in [0, 0.1) is 0 Å². The highest BCUT2D eigenvalue weighted by Gasteiger charge is 2.31. The molecule has 4 rings (SSSR count). The molecule has 0 radical (unpaired) electrons. The average Bonchev–Trinajstić information content (AvgIpc) is 3.50. The van der Waals surface area contributed by atoms with Crippen LogP contribution in [0.1, 0.15) is 34.5 Å². The van der Waals surface area contributed by atoms with Gasteiger partial charge in [0, 0.05) is 11.1 Å². The number of rotatable bonds is 7. The number of ether oxygens (including phenoxy) is 1. The molecule has 0 saturated carbocycles. The number of carbonyl (C=O) groups is 1. The lowest BCUT2D eigenvalue weighted by atomic mass is 10.00. The molecule has 0 aliphatic heterocycles. The molecule has 2 aromatic carbocycles. The molecule has 0 fully saturated rings. The van der Waals surface area contributed by atoms with Crippen molar-refractivity contribution in [1.82, 2.24) is 25.5 Å². The summed E-state index contributed by atoms with van der Waals surface area (Å²) in [4.78, 5) is 20.2. The number of alkyl halides is 2. The van der Waals surface area contributed by atoms with E-state index in [9.17, 15) is 13.6 Å². The van der Waals surface area contributed by atoms with Crippen molar-refractivity contribution in [1.29, 1.82) is 0 Å². The van der Waals surface area contributed by atoms with Gasteiger partial charge in [0.25, 0.3) is 11.8 Å². The normalized spacial score (nSPS) is 12.7. The van der Waals surface area contributed by atoms with E-state index in [-0.39, 0.29) is 5.56 Å². The van der Waals surface area contributed by atoms with Crippen molar-refractivity contribution < 1.29 is 23.4 Å². The summed E-state index contributed by atoms with van der Waals surface area (Å²) in [5.41, 5.74) is 2.24. The van der Waals surface area contributed by atoms with Crippen LogP contribution in [0.4, 0.5) is 8.78 Å². The fraction of sp³-hybridized carbons (Fsp3) is 0.227. The van der Waals surface area contributed by atoms with Crippen LogP contribution >= 0.6 is 0 Å². The van der Waals surface area contributed by atoms with Gasteiger partial charge >= 0.3 is 0 Å². The van der Waals surface area contributed by atoms with Gasteiger partial charge in [-0.1, -0.05) is 18.2 Å². The second-order valence-electron chi connectivity index (χ2n) is 7.31. The van der Waals surface area contributed by atoms with Gasteiger partial charge in [-0.2, -0.15) is 13.9 Å². The van der Waals surface area contributed by atoms with Crippen molar-refractivity contribution in [3.05, 3.63) is 65.7 Å². The van der Waals surface area contributed by atoms with Crippen LogP contribution < -0.4 is 10.1 Å². The Bertz CT molecular complexity index is 1250. The van der Waals surface area contributed by atoms with E-state index in [4.69, 9.17) is 9.84 Å². The zero-order chi connectivity index (χ0) is 22.9. The van der Waals surface area contributed by atoms with E-state index in [1.165, 1.54) is 31.6 Å². The fourth-order valence-corrected chi connectivity index (χ4v) is 3.58. The molecular weight excluding hydrogens is 420 g/mol. The molecule has 8 nitrogen and oxygen atoms in total. The van der Waals surface area contributed by atoms with Gasteiger partial charge in [-0.3, -0.25) is 9.89 Å². The smallest absolute Gasteiger partial charge is 0.295 e. The largest absolute Gasteiger partial charge is 0.495 e. The van der Waals surface area contributed by atoms with E-state index in [1.54, 1.807) is 31.5 Å². The number of imidazole rings is 1. The first-order chi connectivity index (χ1) is 15.4. The SMILES string of the molecule is COc1c(-c2cnc[nH]2)cc(C(=O)NC(C)c2cccc(C(F)(F)CO)c2)c2[nH]ncc12. The number of benzene rings is 2. The third-order valence-corrected chi connectivity index (χ3v) is 5.28. The summed E-state index contributed by atoms with van der Waals surface area (Å²) in [6.07, 6.45) is 4.70. The van der Waals surface area contributed by atoms with Gasteiger partial charge in [0.15, 0.2) is 0 Å². The van der Waals surface area contributed by atoms with Crippen LogP contribution in [0.25, 0.3) is 22.2 Å². The molecule has 2 heterocycles. The molecule has 0 saturated heterocycles. The maximum atomic E-state index is 13.9. The zero-order valence-corrected chi connectivity index (χ0v) is 17.3. The third-order valence-electron chi connectivity index (χ3n) is 5.28. The quantitative estimate of drug-likeness (QED) is 0.350. The molecule has 2 aromatic heterocycles. The second kappa shape index (κ2) is 8.39. The predicted octanol–water partition coefficient (Wildman–Crippen LogP) is 3.54. The van der Waals surface area contributed by atoms with Gasteiger partial charge in [-0.05, 0) is 24.6 Å². The van der Waals surface area contributed by atoms with Crippen LogP contribution in [0.3, 0.4) is 0 Å². The van der Waals surface area contributed by atoms with Crippen molar-refractivity contribution in [2.75, 3.05) is 13.7 Å². The lowest BCUT2D eigenvalue weighted by molar-refractivity contribution is -0.0556. The molecule has 0 aliphatic carbocycles. The number of hydrogen-bond acceptors (Lipinski definition) is 5. The van der Waals surface area contributed by atoms with Crippen LogP contribution in [0.5, 0.6) is 5.75 Å².